The Bertz CT molecular complexity index is 493. The predicted molar refractivity (Wildman–Crippen MR) is 126 cm³/mol. The highest BCUT2D eigenvalue weighted by molar-refractivity contribution is 7.89. The Labute approximate surface area is 187 Å². The van der Waals surface area contributed by atoms with Crippen LogP contribution in [0.15, 0.2) is 0 Å². The van der Waals surface area contributed by atoms with Crippen molar-refractivity contribution < 1.29 is 17.9 Å². The molecule has 1 aliphatic heterocycles. The monoisotopic (exact) mass is 447 g/mol. The van der Waals surface area contributed by atoms with Crippen LogP contribution in [0.25, 0.3) is 0 Å². The number of epoxide rings is 1. The van der Waals surface area contributed by atoms with Gasteiger partial charge < -0.3 is 9.47 Å². The average molecular weight is 448 g/mol. The van der Waals surface area contributed by atoms with E-state index in [4.69, 9.17) is 9.47 Å². The van der Waals surface area contributed by atoms with E-state index in [1.165, 1.54) is 87.8 Å². The molecule has 0 bridgehead atoms. The highest BCUT2D eigenvalue weighted by atomic mass is 32.2. The number of methoxy groups -OCH3 is 1. The normalized spacial score (nSPS) is 17.5. The highest BCUT2D eigenvalue weighted by Crippen LogP contribution is 2.24. The number of ether oxygens (including phenoxy) is 2. The largest absolute Gasteiger partial charge is 0.383 e. The van der Waals surface area contributed by atoms with Crippen LogP contribution in [0, 0.1) is 0 Å². The quantitative estimate of drug-likeness (QED) is 0.145. The summed E-state index contributed by atoms with van der Waals surface area (Å²) in [5, 5.41) is -0.347. The molecule has 0 aromatic carbocycles. The molecule has 0 radical (unpaired) electrons. The molecule has 30 heavy (non-hydrogen) atoms. The van der Waals surface area contributed by atoms with Crippen LogP contribution in [0.1, 0.15) is 117 Å². The number of hydrogen-bond donors (Lipinski definition) is 0. The molecule has 0 aromatic heterocycles. The molecule has 0 spiro atoms. The van der Waals surface area contributed by atoms with Crippen LogP contribution in [0.4, 0.5) is 0 Å². The topological polar surface area (TPSA) is 59.1 Å². The molecule has 2 atom stereocenters. The second-order valence-corrected chi connectivity index (χ2v) is 11.3. The lowest BCUT2D eigenvalue weighted by atomic mass is 10.0. The van der Waals surface area contributed by atoms with Crippen LogP contribution in [0.5, 0.6) is 0 Å². The number of sulfonamides is 1. The Morgan fingerprint density at radius 3 is 1.70 bits per heavy atom. The smallest absolute Gasteiger partial charge is 0.219 e. The van der Waals surface area contributed by atoms with Crippen molar-refractivity contribution in [3.05, 3.63) is 0 Å². The Morgan fingerprint density at radius 1 is 0.867 bits per heavy atom. The zero-order chi connectivity index (χ0) is 22.1. The molecule has 0 aromatic rings. The minimum atomic E-state index is -3.30. The number of nitrogens with zero attached hydrogens (tertiary/aromatic N) is 1. The predicted octanol–water partition coefficient (Wildman–Crippen LogP) is 6.27. The zero-order valence-electron chi connectivity index (χ0n) is 20.1. The first-order valence-electron chi connectivity index (χ1n) is 12.6. The third-order valence-corrected chi connectivity index (χ3v) is 8.53. The molecule has 1 fully saturated rings. The van der Waals surface area contributed by atoms with E-state index < -0.39 is 10.0 Å². The van der Waals surface area contributed by atoms with E-state index in [-0.39, 0.29) is 11.5 Å². The van der Waals surface area contributed by atoms with Gasteiger partial charge in [0, 0.05) is 13.7 Å². The summed E-state index contributed by atoms with van der Waals surface area (Å²) in [5.41, 5.74) is 0. The van der Waals surface area contributed by atoms with Gasteiger partial charge in [-0.1, -0.05) is 103 Å². The maximum Gasteiger partial charge on any atom is 0.219 e. The first-order valence-corrected chi connectivity index (χ1v) is 14.2. The molecular weight excluding hydrogens is 398 g/mol. The Balaban J connectivity index is 1.97. The number of unbranched alkanes of at least 4 members (excludes halogenated alkanes) is 14. The van der Waals surface area contributed by atoms with Crippen LogP contribution in [-0.2, 0) is 19.5 Å². The first-order chi connectivity index (χ1) is 14.5. The molecule has 0 amide bonds. The second kappa shape index (κ2) is 17.4. The van der Waals surface area contributed by atoms with Crippen molar-refractivity contribution in [3.8, 4) is 0 Å². The minimum absolute atomic E-state index is 0.270. The van der Waals surface area contributed by atoms with Crippen LogP contribution in [0.2, 0.25) is 0 Å². The van der Waals surface area contributed by atoms with Crippen molar-refractivity contribution in [1.29, 1.82) is 0 Å². The molecule has 180 valence electrons. The third-order valence-electron chi connectivity index (χ3n) is 6.20. The van der Waals surface area contributed by atoms with Crippen molar-refractivity contribution >= 4 is 10.0 Å². The lowest BCUT2D eigenvalue weighted by Gasteiger charge is -2.24. The molecular formula is C24H49NO4S. The summed E-state index contributed by atoms with van der Waals surface area (Å²) in [7, 11) is -1.71. The van der Waals surface area contributed by atoms with E-state index >= 15 is 0 Å². The van der Waals surface area contributed by atoms with E-state index in [9.17, 15) is 8.42 Å². The first kappa shape index (κ1) is 27.9. The fraction of sp³-hybridized carbons (Fsp3) is 1.00. The second-order valence-electron chi connectivity index (χ2n) is 8.99. The van der Waals surface area contributed by atoms with Gasteiger partial charge in [0.15, 0.2) is 0 Å². The van der Waals surface area contributed by atoms with Crippen LogP contribution in [0.3, 0.4) is 0 Å². The number of hydrogen-bond acceptors (Lipinski definition) is 4. The van der Waals surface area contributed by atoms with Gasteiger partial charge in [-0.05, 0) is 13.3 Å². The average Bonchev–Trinajstić information content (AvgIpc) is 3.56. The number of rotatable bonds is 22. The summed E-state index contributed by atoms with van der Waals surface area (Å²) >= 11 is 0. The van der Waals surface area contributed by atoms with Crippen molar-refractivity contribution in [2.75, 3.05) is 26.9 Å². The molecule has 5 nitrogen and oxygen atoms in total. The Kier molecular flexibility index (Phi) is 16.2. The molecule has 1 rings (SSSR count). The summed E-state index contributed by atoms with van der Waals surface area (Å²) < 4.78 is 37.3. The van der Waals surface area contributed by atoms with Crippen LogP contribution in [-0.4, -0.2) is 51.1 Å². The van der Waals surface area contributed by atoms with Crippen molar-refractivity contribution in [2.45, 2.75) is 128 Å². The van der Waals surface area contributed by atoms with Crippen LogP contribution >= 0.6 is 0 Å². The van der Waals surface area contributed by atoms with Crippen molar-refractivity contribution in [2.24, 2.45) is 0 Å². The molecule has 0 aliphatic carbocycles. The van der Waals surface area contributed by atoms with Crippen LogP contribution < -0.4 is 0 Å². The van der Waals surface area contributed by atoms with Gasteiger partial charge in [-0.25, -0.2) is 8.42 Å². The molecule has 1 heterocycles. The summed E-state index contributed by atoms with van der Waals surface area (Å²) in [4.78, 5) is 0. The van der Waals surface area contributed by atoms with E-state index in [0.29, 0.717) is 19.8 Å². The summed E-state index contributed by atoms with van der Waals surface area (Å²) in [6.45, 7) is 5.41. The fourth-order valence-electron chi connectivity index (χ4n) is 4.01. The lowest BCUT2D eigenvalue weighted by Crippen LogP contribution is -2.41. The molecule has 0 N–H and O–H groups in total. The van der Waals surface area contributed by atoms with Gasteiger partial charge in [0.05, 0.1) is 18.5 Å². The lowest BCUT2D eigenvalue weighted by molar-refractivity contribution is 0.160. The van der Waals surface area contributed by atoms with E-state index in [1.807, 2.05) is 6.92 Å². The molecule has 6 heteroatoms. The molecule has 1 aliphatic rings. The highest BCUT2D eigenvalue weighted by Gasteiger charge is 2.40. The van der Waals surface area contributed by atoms with E-state index in [1.54, 1.807) is 7.11 Å². The van der Waals surface area contributed by atoms with Crippen molar-refractivity contribution in [3.63, 3.8) is 0 Å². The van der Waals surface area contributed by atoms with Gasteiger partial charge in [-0.2, -0.15) is 4.31 Å². The zero-order valence-corrected chi connectivity index (χ0v) is 20.9. The fourth-order valence-corrected chi connectivity index (χ4v) is 5.71. The maximum absolute atomic E-state index is 12.8. The van der Waals surface area contributed by atoms with Gasteiger partial charge in [-0.15, -0.1) is 0 Å². The minimum Gasteiger partial charge on any atom is -0.383 e. The molecule has 2 unspecified atom stereocenters. The maximum atomic E-state index is 12.8. The summed E-state index contributed by atoms with van der Waals surface area (Å²) in [5.74, 6) is 0. The van der Waals surface area contributed by atoms with Gasteiger partial charge >= 0.3 is 0 Å². The SMILES string of the molecule is CCCCCCCCCCCCCCCCCC(C)S(=O)(=O)N(CCOC)C1CO1. The van der Waals surface area contributed by atoms with E-state index in [2.05, 4.69) is 6.92 Å². The van der Waals surface area contributed by atoms with Gasteiger partial charge in [0.1, 0.15) is 6.23 Å². The Morgan fingerprint density at radius 2 is 1.30 bits per heavy atom. The van der Waals surface area contributed by atoms with Gasteiger partial charge in [0.25, 0.3) is 0 Å². The molecule has 1 saturated heterocycles. The van der Waals surface area contributed by atoms with Gasteiger partial charge in [-0.3, -0.25) is 0 Å². The standard InChI is InChI=1S/C24H49NO4S/c1-4-5-6-7-8-9-10-11-12-13-14-15-16-17-18-19-23(2)30(26,27)25(20-21-28-3)24-22-29-24/h23-24H,4-22H2,1-3H3. The summed E-state index contributed by atoms with van der Waals surface area (Å²) in [6, 6.07) is 0. The van der Waals surface area contributed by atoms with Gasteiger partial charge in [0.2, 0.25) is 10.0 Å². The Hall–Kier alpha value is -0.170. The van der Waals surface area contributed by atoms with Crippen molar-refractivity contribution in [1.82, 2.24) is 4.31 Å². The third kappa shape index (κ3) is 12.6. The summed E-state index contributed by atoms with van der Waals surface area (Å²) in [6.07, 6.45) is 20.4. The molecule has 0 saturated carbocycles. The van der Waals surface area contributed by atoms with E-state index in [0.717, 1.165) is 19.3 Å².